The lowest BCUT2D eigenvalue weighted by molar-refractivity contribution is 0.0493. The van der Waals surface area contributed by atoms with Crippen molar-refractivity contribution < 1.29 is 18.3 Å². The Morgan fingerprint density at radius 3 is 2.35 bits per heavy atom. The first kappa shape index (κ1) is 29.2. The Morgan fingerprint density at radius 1 is 0.783 bits per heavy atom. The second-order valence-corrected chi connectivity index (χ2v) is 14.0. The van der Waals surface area contributed by atoms with E-state index >= 15 is 0 Å². The first-order valence-corrected chi connectivity index (χ1v) is 16.5. The molecule has 5 aromatic carbocycles. The highest BCUT2D eigenvalue weighted by molar-refractivity contribution is 5.92. The van der Waals surface area contributed by atoms with E-state index in [1.165, 1.54) is 61.1 Å². The fourth-order valence-corrected chi connectivity index (χ4v) is 8.40. The Morgan fingerprint density at radius 2 is 1.54 bits per heavy atom. The molecular weight excluding hydrogens is 576 g/mol. The third-order valence-electron chi connectivity index (χ3n) is 10.8. The summed E-state index contributed by atoms with van der Waals surface area (Å²) in [7, 11) is 1.63. The third-order valence-corrected chi connectivity index (χ3v) is 10.8. The van der Waals surface area contributed by atoms with Crippen molar-refractivity contribution in [3.63, 3.8) is 0 Å². The fraction of sp³-hybridized carbons (Fsp3) is 0.317. The maximum atomic E-state index is 15.0. The molecule has 0 spiro atoms. The summed E-state index contributed by atoms with van der Waals surface area (Å²) in [5, 5.41) is 1.96. The minimum Gasteiger partial charge on any atom is -0.456 e. The van der Waals surface area contributed by atoms with Crippen LogP contribution in [0.15, 0.2) is 84.9 Å². The highest BCUT2D eigenvalue weighted by Crippen LogP contribution is 2.56. The largest absolute Gasteiger partial charge is 0.456 e. The third kappa shape index (κ3) is 4.31. The number of aryl methyl sites for hydroxylation is 1. The van der Waals surface area contributed by atoms with E-state index in [9.17, 15) is 8.78 Å². The van der Waals surface area contributed by atoms with Gasteiger partial charge in [0, 0.05) is 53.0 Å². The Balaban J connectivity index is 1.30. The first-order valence-electron chi connectivity index (χ1n) is 16.5. The maximum absolute atomic E-state index is 15.0. The normalized spacial score (nSPS) is 20.3. The van der Waals surface area contributed by atoms with E-state index in [1.807, 2.05) is 42.5 Å². The van der Waals surface area contributed by atoms with Crippen molar-refractivity contribution in [1.82, 2.24) is 0 Å². The fourth-order valence-electron chi connectivity index (χ4n) is 8.40. The molecule has 5 heteroatoms. The molecule has 46 heavy (non-hydrogen) atoms. The topological polar surface area (TPSA) is 21.7 Å². The molecule has 0 aromatic heterocycles. The van der Waals surface area contributed by atoms with Crippen molar-refractivity contribution >= 4 is 22.1 Å². The van der Waals surface area contributed by atoms with E-state index < -0.39 is 17.2 Å². The molecule has 1 atom stereocenters. The van der Waals surface area contributed by atoms with Crippen LogP contribution in [0, 0.1) is 18.6 Å². The summed E-state index contributed by atoms with van der Waals surface area (Å²) in [4.78, 5) is 2.39. The van der Waals surface area contributed by atoms with Crippen LogP contribution in [0.1, 0.15) is 85.3 Å². The van der Waals surface area contributed by atoms with E-state index in [0.717, 1.165) is 34.1 Å². The molecule has 0 radical (unpaired) electrons. The highest BCUT2D eigenvalue weighted by Gasteiger charge is 2.47. The number of halogens is 2. The summed E-state index contributed by atoms with van der Waals surface area (Å²) in [5.41, 5.74) is 6.50. The van der Waals surface area contributed by atoms with Gasteiger partial charge in [0.2, 0.25) is 0 Å². The molecule has 0 bridgehead atoms. The number of rotatable bonds is 4. The zero-order valence-electron chi connectivity index (χ0n) is 26.9. The molecular formula is C41H39F2NO2. The Kier molecular flexibility index (Phi) is 6.77. The van der Waals surface area contributed by atoms with Crippen LogP contribution in [0.3, 0.4) is 0 Å². The molecule has 3 nitrogen and oxygen atoms in total. The van der Waals surface area contributed by atoms with E-state index in [0.29, 0.717) is 28.5 Å². The van der Waals surface area contributed by atoms with Crippen molar-refractivity contribution in [3.8, 4) is 11.5 Å². The van der Waals surface area contributed by atoms with E-state index in [1.54, 1.807) is 14.0 Å². The van der Waals surface area contributed by atoms with Gasteiger partial charge < -0.3 is 14.4 Å². The van der Waals surface area contributed by atoms with Crippen molar-refractivity contribution in [2.45, 2.75) is 69.8 Å². The maximum Gasteiger partial charge on any atom is 0.159 e. The van der Waals surface area contributed by atoms with Crippen LogP contribution in [-0.2, 0) is 15.8 Å². The molecule has 1 aliphatic carbocycles. The smallest absolute Gasteiger partial charge is 0.159 e. The van der Waals surface area contributed by atoms with Gasteiger partial charge in [-0.2, -0.15) is 0 Å². The lowest BCUT2D eigenvalue weighted by Crippen LogP contribution is -2.36. The summed E-state index contributed by atoms with van der Waals surface area (Å²) in [6.45, 7) is 7.30. The zero-order valence-corrected chi connectivity index (χ0v) is 26.9. The number of ether oxygens (including phenoxy) is 2. The van der Waals surface area contributed by atoms with Crippen LogP contribution in [0.4, 0.5) is 20.2 Å². The molecule has 2 aliphatic heterocycles. The molecule has 1 unspecified atom stereocenters. The van der Waals surface area contributed by atoms with Crippen molar-refractivity contribution in [1.29, 1.82) is 0 Å². The van der Waals surface area contributed by atoms with Crippen molar-refractivity contribution in [2.24, 2.45) is 0 Å². The van der Waals surface area contributed by atoms with E-state index in [2.05, 4.69) is 49.1 Å². The number of hydrogen-bond donors (Lipinski definition) is 0. The molecule has 0 N–H and O–H groups in total. The number of benzene rings is 5. The number of anilines is 2. The van der Waals surface area contributed by atoms with Gasteiger partial charge in [-0.05, 0) is 83.7 Å². The minimum atomic E-state index is -1.22. The standard InChI is InChI=1S/C41H39F2NO2/c1-25-20-35(42)36(43)23-33(25)41(45-4)31-18-16-29(22-38(31)46-39-30-13-9-8-12-27(30)14-17-32(39)41)44-24-40(2,3)34-21-28(15-19-37(34)44)26-10-6-5-7-11-26/h8-9,12-23,26H,5-7,10-11,24H2,1-4H3. The van der Waals surface area contributed by atoms with Gasteiger partial charge >= 0.3 is 0 Å². The monoisotopic (exact) mass is 615 g/mol. The molecule has 1 fully saturated rings. The molecule has 5 aromatic rings. The SMILES string of the molecule is COC1(c2cc(F)c(F)cc2C)c2ccc(N3CC(C)(C)c4cc(C5CCCCC5)ccc43)cc2Oc2c1ccc1ccccc21. The summed E-state index contributed by atoms with van der Waals surface area (Å²) in [5.74, 6) is 0.159. The van der Waals surface area contributed by atoms with Gasteiger partial charge in [-0.1, -0.05) is 81.6 Å². The second kappa shape index (κ2) is 10.7. The van der Waals surface area contributed by atoms with Crippen LogP contribution in [-0.4, -0.2) is 13.7 Å². The van der Waals surface area contributed by atoms with Gasteiger partial charge in [-0.25, -0.2) is 8.78 Å². The average Bonchev–Trinajstić information content (AvgIpc) is 3.35. The van der Waals surface area contributed by atoms with Gasteiger partial charge in [-0.3, -0.25) is 0 Å². The van der Waals surface area contributed by atoms with Crippen LogP contribution in [0.2, 0.25) is 0 Å². The van der Waals surface area contributed by atoms with Crippen molar-refractivity contribution in [2.75, 3.05) is 18.6 Å². The van der Waals surface area contributed by atoms with Crippen LogP contribution >= 0.6 is 0 Å². The highest BCUT2D eigenvalue weighted by atomic mass is 19.2. The predicted molar refractivity (Wildman–Crippen MR) is 181 cm³/mol. The first-order chi connectivity index (χ1) is 22.2. The predicted octanol–water partition coefficient (Wildman–Crippen LogP) is 10.9. The molecule has 3 aliphatic rings. The van der Waals surface area contributed by atoms with Gasteiger partial charge in [0.05, 0.1) is 0 Å². The van der Waals surface area contributed by atoms with E-state index in [4.69, 9.17) is 9.47 Å². The molecule has 0 saturated heterocycles. The van der Waals surface area contributed by atoms with Gasteiger partial charge in [0.1, 0.15) is 11.5 Å². The van der Waals surface area contributed by atoms with Crippen LogP contribution < -0.4 is 9.64 Å². The summed E-state index contributed by atoms with van der Waals surface area (Å²) in [6, 6.07) is 28.0. The quantitative estimate of drug-likeness (QED) is 0.201. The van der Waals surface area contributed by atoms with Crippen molar-refractivity contribution in [3.05, 3.63) is 130 Å². The minimum absolute atomic E-state index is 0.0292. The molecule has 0 amide bonds. The lowest BCUT2D eigenvalue weighted by atomic mass is 9.75. The molecule has 8 rings (SSSR count). The Hall–Kier alpha value is -4.22. The summed E-state index contributed by atoms with van der Waals surface area (Å²) >= 11 is 0. The lowest BCUT2D eigenvalue weighted by Gasteiger charge is -2.41. The second-order valence-electron chi connectivity index (χ2n) is 14.0. The Bertz CT molecular complexity index is 2010. The number of nitrogens with zero attached hydrogens (tertiary/aromatic N) is 1. The van der Waals surface area contributed by atoms with Crippen LogP contribution in [0.25, 0.3) is 10.8 Å². The van der Waals surface area contributed by atoms with Gasteiger partial charge in [0.25, 0.3) is 0 Å². The molecule has 234 valence electrons. The van der Waals surface area contributed by atoms with Crippen LogP contribution in [0.5, 0.6) is 11.5 Å². The Labute approximate surface area is 269 Å². The van der Waals surface area contributed by atoms with Gasteiger partial charge in [0.15, 0.2) is 17.2 Å². The molecule has 1 saturated carbocycles. The summed E-state index contributed by atoms with van der Waals surface area (Å²) in [6.07, 6.45) is 6.54. The van der Waals surface area contributed by atoms with E-state index in [-0.39, 0.29) is 5.41 Å². The number of hydrogen-bond acceptors (Lipinski definition) is 3. The molecule has 2 heterocycles. The van der Waals surface area contributed by atoms with Gasteiger partial charge in [-0.15, -0.1) is 0 Å². The number of methoxy groups -OCH3 is 1. The average molecular weight is 616 g/mol. The summed E-state index contributed by atoms with van der Waals surface area (Å²) < 4.78 is 42.7. The zero-order chi connectivity index (χ0) is 31.8. The number of fused-ring (bicyclic) bond motifs is 5.